The Kier molecular flexibility index (Phi) is 2.05. The normalized spacial score (nSPS) is 25.5. The first-order chi connectivity index (χ1) is 6.48. The van der Waals surface area contributed by atoms with E-state index in [4.69, 9.17) is 5.73 Å². The summed E-state index contributed by atoms with van der Waals surface area (Å²) in [6.45, 7) is 6.65. The van der Waals surface area contributed by atoms with Gasteiger partial charge in [-0.15, -0.1) is 0 Å². The molecule has 1 heterocycles. The van der Waals surface area contributed by atoms with E-state index in [1.807, 2.05) is 6.92 Å². The quantitative estimate of drug-likeness (QED) is 0.744. The van der Waals surface area contributed by atoms with E-state index in [2.05, 4.69) is 29.6 Å². The minimum atomic E-state index is 0.468. The van der Waals surface area contributed by atoms with E-state index < -0.39 is 0 Å². The van der Waals surface area contributed by atoms with Gasteiger partial charge in [0.1, 0.15) is 0 Å². The molecule has 0 amide bonds. The highest BCUT2D eigenvalue weighted by molar-refractivity contribution is 5.22. The van der Waals surface area contributed by atoms with Crippen LogP contribution in [-0.2, 0) is 0 Å². The number of hydrogen-bond acceptors (Lipinski definition) is 2. The molecule has 0 saturated heterocycles. The van der Waals surface area contributed by atoms with Gasteiger partial charge in [-0.1, -0.05) is 13.8 Å². The second-order valence-electron chi connectivity index (χ2n) is 5.21. The van der Waals surface area contributed by atoms with E-state index in [0.29, 0.717) is 17.4 Å². The number of anilines is 1. The Morgan fingerprint density at radius 1 is 1.57 bits per heavy atom. The molecule has 1 aromatic rings. The molecular weight excluding hydrogens is 174 g/mol. The molecule has 78 valence electrons. The Balaban J connectivity index is 2.21. The summed E-state index contributed by atoms with van der Waals surface area (Å²) in [5, 5.41) is 0. The van der Waals surface area contributed by atoms with Gasteiger partial charge in [0.15, 0.2) is 0 Å². The molecule has 14 heavy (non-hydrogen) atoms. The van der Waals surface area contributed by atoms with E-state index in [1.165, 1.54) is 19.3 Å². The van der Waals surface area contributed by atoms with Gasteiger partial charge >= 0.3 is 0 Å². The minimum absolute atomic E-state index is 0.468. The van der Waals surface area contributed by atoms with E-state index in [1.54, 1.807) is 0 Å². The van der Waals surface area contributed by atoms with Crippen molar-refractivity contribution in [3.8, 4) is 0 Å². The molecule has 3 heteroatoms. The van der Waals surface area contributed by atoms with E-state index in [-0.39, 0.29) is 0 Å². The number of nitrogens with zero attached hydrogens (tertiary/aromatic N) is 2. The second kappa shape index (κ2) is 3.01. The van der Waals surface area contributed by atoms with Crippen LogP contribution in [0.4, 0.5) is 5.95 Å². The topological polar surface area (TPSA) is 43.8 Å². The zero-order valence-corrected chi connectivity index (χ0v) is 9.25. The molecule has 2 N–H and O–H groups in total. The van der Waals surface area contributed by atoms with Gasteiger partial charge in [-0.25, -0.2) is 4.98 Å². The Hall–Kier alpha value is -0.990. The molecule has 1 atom stereocenters. The van der Waals surface area contributed by atoms with Crippen LogP contribution in [0.2, 0.25) is 0 Å². The lowest BCUT2D eigenvalue weighted by Crippen LogP contribution is -2.10. The van der Waals surface area contributed by atoms with Crippen molar-refractivity contribution in [3.05, 3.63) is 11.9 Å². The summed E-state index contributed by atoms with van der Waals surface area (Å²) in [5.74, 6) is 0.671. The van der Waals surface area contributed by atoms with Crippen molar-refractivity contribution < 1.29 is 0 Å². The minimum Gasteiger partial charge on any atom is -0.369 e. The fraction of sp³-hybridized carbons (Fsp3) is 0.727. The first kappa shape index (κ1) is 9.56. The number of imidazole rings is 1. The van der Waals surface area contributed by atoms with Crippen LogP contribution in [0, 0.1) is 12.3 Å². The molecule has 1 fully saturated rings. The molecule has 1 saturated carbocycles. The van der Waals surface area contributed by atoms with Crippen LogP contribution in [0.1, 0.15) is 44.8 Å². The summed E-state index contributed by atoms with van der Waals surface area (Å²) >= 11 is 0. The summed E-state index contributed by atoms with van der Waals surface area (Å²) in [5.41, 5.74) is 7.35. The fourth-order valence-electron chi connectivity index (χ4n) is 2.46. The maximum absolute atomic E-state index is 5.86. The molecule has 1 aliphatic rings. The molecule has 0 bridgehead atoms. The van der Waals surface area contributed by atoms with Crippen LogP contribution in [0.3, 0.4) is 0 Å². The van der Waals surface area contributed by atoms with Crippen LogP contribution >= 0.6 is 0 Å². The Morgan fingerprint density at radius 2 is 2.29 bits per heavy atom. The maximum Gasteiger partial charge on any atom is 0.200 e. The molecule has 0 aromatic carbocycles. The lowest BCUT2D eigenvalue weighted by atomic mass is 9.92. The number of aromatic nitrogens is 2. The maximum atomic E-state index is 5.86. The van der Waals surface area contributed by atoms with Crippen molar-refractivity contribution in [3.63, 3.8) is 0 Å². The smallest absolute Gasteiger partial charge is 0.200 e. The van der Waals surface area contributed by atoms with Gasteiger partial charge in [-0.05, 0) is 31.6 Å². The lowest BCUT2D eigenvalue weighted by molar-refractivity contribution is 0.360. The Bertz CT molecular complexity index is 338. The van der Waals surface area contributed by atoms with Crippen molar-refractivity contribution >= 4 is 5.95 Å². The van der Waals surface area contributed by atoms with Crippen molar-refractivity contribution in [2.75, 3.05) is 5.73 Å². The number of nitrogen functional groups attached to an aromatic ring is 1. The molecule has 0 spiro atoms. The van der Waals surface area contributed by atoms with E-state index >= 15 is 0 Å². The molecule has 3 nitrogen and oxygen atoms in total. The predicted molar refractivity (Wildman–Crippen MR) is 58.0 cm³/mol. The first-order valence-electron chi connectivity index (χ1n) is 5.29. The van der Waals surface area contributed by atoms with Gasteiger partial charge < -0.3 is 10.3 Å². The average molecular weight is 193 g/mol. The van der Waals surface area contributed by atoms with Crippen LogP contribution in [0.25, 0.3) is 0 Å². The average Bonchev–Trinajstić information content (AvgIpc) is 2.55. The predicted octanol–water partition coefficient (Wildman–Crippen LogP) is 2.52. The number of aryl methyl sites for hydroxylation is 1. The van der Waals surface area contributed by atoms with Gasteiger partial charge in [-0.3, -0.25) is 0 Å². The molecule has 1 aromatic heterocycles. The van der Waals surface area contributed by atoms with Gasteiger partial charge in [0, 0.05) is 12.2 Å². The van der Waals surface area contributed by atoms with Crippen LogP contribution in [0.5, 0.6) is 0 Å². The first-order valence-corrected chi connectivity index (χ1v) is 5.29. The van der Waals surface area contributed by atoms with Gasteiger partial charge in [-0.2, -0.15) is 0 Å². The van der Waals surface area contributed by atoms with Crippen molar-refractivity contribution in [1.29, 1.82) is 0 Å². The standard InChI is InChI=1S/C11H19N3/c1-8-7-14(10(12)13-8)9-4-5-11(2,3)6-9/h7,9H,4-6H2,1-3H3,(H2,12,13). The molecule has 0 radical (unpaired) electrons. The highest BCUT2D eigenvalue weighted by atomic mass is 15.2. The van der Waals surface area contributed by atoms with E-state index in [0.717, 1.165) is 5.69 Å². The fourth-order valence-corrected chi connectivity index (χ4v) is 2.46. The van der Waals surface area contributed by atoms with Crippen molar-refractivity contribution in [2.45, 2.75) is 46.1 Å². The third-order valence-electron chi connectivity index (χ3n) is 3.22. The van der Waals surface area contributed by atoms with Crippen LogP contribution in [-0.4, -0.2) is 9.55 Å². The van der Waals surface area contributed by atoms with Crippen LogP contribution < -0.4 is 5.73 Å². The monoisotopic (exact) mass is 193 g/mol. The van der Waals surface area contributed by atoms with E-state index in [9.17, 15) is 0 Å². The highest BCUT2D eigenvalue weighted by Crippen LogP contribution is 2.44. The summed E-state index contributed by atoms with van der Waals surface area (Å²) in [7, 11) is 0. The zero-order valence-electron chi connectivity index (χ0n) is 9.25. The Labute approximate surface area is 85.3 Å². The summed E-state index contributed by atoms with van der Waals surface area (Å²) in [6.07, 6.45) is 5.80. The van der Waals surface area contributed by atoms with Crippen molar-refractivity contribution in [1.82, 2.24) is 9.55 Å². The SMILES string of the molecule is Cc1cn(C2CCC(C)(C)C2)c(N)n1. The van der Waals surface area contributed by atoms with Gasteiger partial charge in [0.05, 0.1) is 5.69 Å². The molecule has 2 rings (SSSR count). The molecule has 1 unspecified atom stereocenters. The summed E-state index contributed by atoms with van der Waals surface area (Å²) in [4.78, 5) is 4.24. The zero-order chi connectivity index (χ0) is 10.3. The van der Waals surface area contributed by atoms with Gasteiger partial charge in [0.25, 0.3) is 0 Å². The highest BCUT2D eigenvalue weighted by Gasteiger charge is 2.32. The third-order valence-corrected chi connectivity index (χ3v) is 3.22. The van der Waals surface area contributed by atoms with Crippen molar-refractivity contribution in [2.24, 2.45) is 5.41 Å². The van der Waals surface area contributed by atoms with Crippen LogP contribution in [0.15, 0.2) is 6.20 Å². The largest absolute Gasteiger partial charge is 0.369 e. The molecular formula is C11H19N3. The number of rotatable bonds is 1. The Morgan fingerprint density at radius 3 is 2.71 bits per heavy atom. The molecule has 1 aliphatic carbocycles. The summed E-state index contributed by atoms with van der Waals surface area (Å²) < 4.78 is 2.14. The number of nitrogens with two attached hydrogens (primary N) is 1. The number of hydrogen-bond donors (Lipinski definition) is 1. The molecule has 0 aliphatic heterocycles. The second-order valence-corrected chi connectivity index (χ2v) is 5.21. The van der Waals surface area contributed by atoms with Gasteiger partial charge in [0.2, 0.25) is 5.95 Å². The third kappa shape index (κ3) is 1.63. The lowest BCUT2D eigenvalue weighted by Gasteiger charge is -2.18. The summed E-state index contributed by atoms with van der Waals surface area (Å²) in [6, 6.07) is 0.561.